The van der Waals surface area contributed by atoms with Gasteiger partial charge in [-0.1, -0.05) is 41.9 Å². The quantitative estimate of drug-likeness (QED) is 0.838. The molecule has 1 unspecified atom stereocenters. The largest absolute Gasteiger partial charge is 0.380 e. The minimum atomic E-state index is 0.313. The fourth-order valence-electron chi connectivity index (χ4n) is 1.94. The zero-order valence-electron chi connectivity index (χ0n) is 10.7. The lowest BCUT2D eigenvalue weighted by molar-refractivity contribution is 0.789. The molecule has 2 rings (SSSR count). The second-order valence-corrected chi connectivity index (χ2v) is 4.94. The minimum Gasteiger partial charge on any atom is -0.380 e. The van der Waals surface area contributed by atoms with Gasteiger partial charge in [0.25, 0.3) is 0 Å². The summed E-state index contributed by atoms with van der Waals surface area (Å²) in [6, 6.07) is 12.8. The molecule has 0 saturated heterocycles. The minimum absolute atomic E-state index is 0.313. The molecule has 0 fully saturated rings. The summed E-state index contributed by atoms with van der Waals surface area (Å²) in [6.45, 7) is 4.15. The molecule has 1 aromatic heterocycles. The lowest BCUT2D eigenvalue weighted by atomic mass is 10.1. The van der Waals surface area contributed by atoms with Gasteiger partial charge in [-0.2, -0.15) is 0 Å². The summed E-state index contributed by atoms with van der Waals surface area (Å²) in [5.41, 5.74) is 3.32. The van der Waals surface area contributed by atoms with E-state index in [1.165, 1.54) is 5.56 Å². The van der Waals surface area contributed by atoms with E-state index in [4.69, 9.17) is 11.6 Å². The Hall–Kier alpha value is -1.54. The van der Waals surface area contributed by atoms with Crippen molar-refractivity contribution in [2.45, 2.75) is 26.3 Å². The summed E-state index contributed by atoms with van der Waals surface area (Å²) in [6.07, 6.45) is 2.74. The van der Waals surface area contributed by atoms with E-state index in [0.717, 1.165) is 17.7 Å². The number of aromatic nitrogens is 1. The van der Waals surface area contributed by atoms with E-state index in [9.17, 15) is 0 Å². The van der Waals surface area contributed by atoms with E-state index in [1.807, 2.05) is 19.1 Å². The maximum Gasteiger partial charge on any atom is 0.152 e. The molecule has 0 bridgehead atoms. The Bertz CT molecular complexity index is 511. The number of benzene rings is 1. The summed E-state index contributed by atoms with van der Waals surface area (Å²) in [4.78, 5) is 4.14. The van der Waals surface area contributed by atoms with Crippen LogP contribution in [0, 0.1) is 6.92 Å². The predicted molar refractivity (Wildman–Crippen MR) is 77.2 cm³/mol. The highest BCUT2D eigenvalue weighted by atomic mass is 35.5. The number of hydrogen-bond donors (Lipinski definition) is 1. The molecule has 18 heavy (non-hydrogen) atoms. The van der Waals surface area contributed by atoms with E-state index < -0.39 is 0 Å². The summed E-state index contributed by atoms with van der Waals surface area (Å²) < 4.78 is 0. The first-order valence-corrected chi connectivity index (χ1v) is 6.45. The molecule has 1 atom stereocenters. The van der Waals surface area contributed by atoms with Crippen molar-refractivity contribution in [1.82, 2.24) is 4.98 Å². The summed E-state index contributed by atoms with van der Waals surface area (Å²) in [5, 5.41) is 3.93. The molecular formula is C15H17ClN2. The molecule has 0 radical (unpaired) electrons. The molecule has 94 valence electrons. The fraction of sp³-hybridized carbons (Fsp3) is 0.267. The standard InChI is InChI=1S/C15H17ClN2/c1-11-8-14(15(16)17-10-11)18-12(2)9-13-6-4-3-5-7-13/h3-8,10,12,18H,9H2,1-2H3. The molecule has 0 saturated carbocycles. The molecule has 0 aliphatic heterocycles. The average molecular weight is 261 g/mol. The van der Waals surface area contributed by atoms with Crippen LogP contribution in [-0.2, 0) is 6.42 Å². The van der Waals surface area contributed by atoms with E-state index in [0.29, 0.717) is 11.2 Å². The Morgan fingerprint density at radius 1 is 1.28 bits per heavy atom. The van der Waals surface area contributed by atoms with Crippen LogP contribution in [0.15, 0.2) is 42.6 Å². The van der Waals surface area contributed by atoms with Gasteiger partial charge in [-0.05, 0) is 37.5 Å². The van der Waals surface area contributed by atoms with Crippen molar-refractivity contribution in [1.29, 1.82) is 0 Å². The van der Waals surface area contributed by atoms with Gasteiger partial charge in [-0.25, -0.2) is 4.98 Å². The smallest absolute Gasteiger partial charge is 0.152 e. The Morgan fingerprint density at radius 3 is 2.72 bits per heavy atom. The number of hydrogen-bond acceptors (Lipinski definition) is 2. The SMILES string of the molecule is Cc1cnc(Cl)c(NC(C)Cc2ccccc2)c1. The Morgan fingerprint density at radius 2 is 2.00 bits per heavy atom. The van der Waals surface area contributed by atoms with Crippen LogP contribution in [0.25, 0.3) is 0 Å². The van der Waals surface area contributed by atoms with Crippen molar-refractivity contribution in [3.63, 3.8) is 0 Å². The lowest BCUT2D eigenvalue weighted by Crippen LogP contribution is -2.18. The van der Waals surface area contributed by atoms with Gasteiger partial charge < -0.3 is 5.32 Å². The average Bonchev–Trinajstić information content (AvgIpc) is 2.35. The molecule has 2 nitrogen and oxygen atoms in total. The first kappa shape index (κ1) is 12.9. The summed E-state index contributed by atoms with van der Waals surface area (Å²) in [5.74, 6) is 0. The van der Waals surface area contributed by atoms with Gasteiger partial charge in [0, 0.05) is 12.2 Å². The molecule has 0 spiro atoms. The van der Waals surface area contributed by atoms with Gasteiger partial charge in [-0.15, -0.1) is 0 Å². The first-order chi connectivity index (χ1) is 8.65. The zero-order valence-corrected chi connectivity index (χ0v) is 11.4. The van der Waals surface area contributed by atoms with Crippen LogP contribution >= 0.6 is 11.6 Å². The van der Waals surface area contributed by atoms with Gasteiger partial charge in [0.1, 0.15) is 0 Å². The summed E-state index contributed by atoms with van der Waals surface area (Å²) >= 11 is 6.07. The zero-order chi connectivity index (χ0) is 13.0. The normalized spacial score (nSPS) is 12.2. The molecule has 0 amide bonds. The van der Waals surface area contributed by atoms with Gasteiger partial charge in [-0.3, -0.25) is 0 Å². The number of pyridine rings is 1. The van der Waals surface area contributed by atoms with Crippen LogP contribution < -0.4 is 5.32 Å². The Kier molecular flexibility index (Phi) is 4.21. The molecule has 1 N–H and O–H groups in total. The van der Waals surface area contributed by atoms with Crippen LogP contribution in [0.3, 0.4) is 0 Å². The molecule has 3 heteroatoms. The second kappa shape index (κ2) is 5.87. The summed E-state index contributed by atoms with van der Waals surface area (Å²) in [7, 11) is 0. The monoisotopic (exact) mass is 260 g/mol. The van der Waals surface area contributed by atoms with Crippen molar-refractivity contribution < 1.29 is 0 Å². The van der Waals surface area contributed by atoms with Gasteiger partial charge >= 0.3 is 0 Å². The number of halogens is 1. The molecular weight excluding hydrogens is 244 g/mol. The number of anilines is 1. The number of nitrogens with zero attached hydrogens (tertiary/aromatic N) is 1. The van der Waals surface area contributed by atoms with E-state index in [-0.39, 0.29) is 0 Å². The highest BCUT2D eigenvalue weighted by Crippen LogP contribution is 2.21. The van der Waals surface area contributed by atoms with E-state index in [1.54, 1.807) is 6.20 Å². The predicted octanol–water partition coefficient (Wildman–Crippen LogP) is 4.09. The maximum absolute atomic E-state index is 6.07. The maximum atomic E-state index is 6.07. The van der Waals surface area contributed by atoms with Crippen molar-refractivity contribution in [3.05, 3.63) is 58.9 Å². The van der Waals surface area contributed by atoms with Gasteiger partial charge in [0.05, 0.1) is 5.69 Å². The number of rotatable bonds is 4. The molecule has 0 aliphatic rings. The van der Waals surface area contributed by atoms with Gasteiger partial charge in [0.15, 0.2) is 5.15 Å². The molecule has 2 aromatic rings. The third-order valence-corrected chi connectivity index (χ3v) is 3.06. The molecule has 0 aliphatic carbocycles. The Labute approximate surface area is 113 Å². The number of aryl methyl sites for hydroxylation is 1. The highest BCUT2D eigenvalue weighted by Gasteiger charge is 2.07. The van der Waals surface area contributed by atoms with Gasteiger partial charge in [0.2, 0.25) is 0 Å². The van der Waals surface area contributed by atoms with Crippen LogP contribution in [0.4, 0.5) is 5.69 Å². The fourth-order valence-corrected chi connectivity index (χ4v) is 2.10. The number of nitrogens with one attached hydrogen (secondary N) is 1. The van der Waals surface area contributed by atoms with E-state index in [2.05, 4.69) is 41.5 Å². The third-order valence-electron chi connectivity index (χ3n) is 2.76. The van der Waals surface area contributed by atoms with Crippen LogP contribution in [0.5, 0.6) is 0 Å². The van der Waals surface area contributed by atoms with Crippen molar-refractivity contribution in [2.75, 3.05) is 5.32 Å². The highest BCUT2D eigenvalue weighted by molar-refractivity contribution is 6.31. The molecule has 1 aromatic carbocycles. The molecule has 1 heterocycles. The van der Waals surface area contributed by atoms with Crippen molar-refractivity contribution in [2.24, 2.45) is 0 Å². The van der Waals surface area contributed by atoms with Crippen LogP contribution in [-0.4, -0.2) is 11.0 Å². The first-order valence-electron chi connectivity index (χ1n) is 6.08. The third kappa shape index (κ3) is 3.47. The van der Waals surface area contributed by atoms with E-state index >= 15 is 0 Å². The topological polar surface area (TPSA) is 24.9 Å². The van der Waals surface area contributed by atoms with Crippen LogP contribution in [0.2, 0.25) is 5.15 Å². The van der Waals surface area contributed by atoms with Crippen molar-refractivity contribution >= 4 is 17.3 Å². The Balaban J connectivity index is 2.03. The second-order valence-electron chi connectivity index (χ2n) is 4.59. The van der Waals surface area contributed by atoms with Crippen molar-refractivity contribution in [3.8, 4) is 0 Å². The van der Waals surface area contributed by atoms with Crippen LogP contribution in [0.1, 0.15) is 18.1 Å². The lowest BCUT2D eigenvalue weighted by Gasteiger charge is -2.16.